The fraction of sp³-hybridized carbons (Fsp3) is 0.385. The van der Waals surface area contributed by atoms with Crippen molar-refractivity contribution >= 4 is 5.95 Å². The molecule has 3 aromatic rings. The van der Waals surface area contributed by atoms with Crippen LogP contribution in [0.5, 0.6) is 17.2 Å². The lowest BCUT2D eigenvalue weighted by Gasteiger charge is -2.32. The molecule has 0 unspecified atom stereocenters. The molecule has 32 heavy (non-hydrogen) atoms. The van der Waals surface area contributed by atoms with Gasteiger partial charge in [0.25, 0.3) is 0 Å². The van der Waals surface area contributed by atoms with E-state index in [-0.39, 0.29) is 6.04 Å². The largest absolute Gasteiger partial charge is 0.496 e. The predicted octanol–water partition coefficient (Wildman–Crippen LogP) is 5.54. The van der Waals surface area contributed by atoms with Crippen LogP contribution >= 0.6 is 0 Å². The summed E-state index contributed by atoms with van der Waals surface area (Å²) in [4.78, 5) is 12.1. The second kappa shape index (κ2) is 9.90. The molecule has 2 aromatic carbocycles. The zero-order valence-corrected chi connectivity index (χ0v) is 19.2. The molecule has 1 aliphatic rings. The summed E-state index contributed by atoms with van der Waals surface area (Å²) in [6.45, 7) is 3.08. The average Bonchev–Trinajstić information content (AvgIpc) is 3.68. The summed E-state index contributed by atoms with van der Waals surface area (Å²) in [5.74, 6) is 3.32. The predicted molar refractivity (Wildman–Crippen MR) is 127 cm³/mol. The number of methoxy groups -OCH3 is 3. The molecule has 0 spiro atoms. The molecule has 6 heteroatoms. The van der Waals surface area contributed by atoms with Gasteiger partial charge >= 0.3 is 0 Å². The molecule has 0 N–H and O–H groups in total. The Balaban J connectivity index is 1.79. The van der Waals surface area contributed by atoms with Crippen LogP contribution in [0.15, 0.2) is 54.7 Å². The minimum atomic E-state index is 0.269. The highest BCUT2D eigenvalue weighted by Crippen LogP contribution is 2.46. The zero-order valence-electron chi connectivity index (χ0n) is 19.2. The molecule has 1 fully saturated rings. The van der Waals surface area contributed by atoms with E-state index in [1.807, 2.05) is 24.4 Å². The maximum absolute atomic E-state index is 5.66. The van der Waals surface area contributed by atoms with Gasteiger partial charge in [0.1, 0.15) is 17.2 Å². The number of anilines is 1. The molecule has 1 aromatic heterocycles. The molecule has 1 heterocycles. The summed E-state index contributed by atoms with van der Waals surface area (Å²) in [6, 6.07) is 16.6. The molecule has 6 nitrogen and oxygen atoms in total. The lowest BCUT2D eigenvalue weighted by Crippen LogP contribution is -2.32. The van der Waals surface area contributed by atoms with Crippen LogP contribution in [0.3, 0.4) is 0 Å². The average molecular weight is 434 g/mol. The van der Waals surface area contributed by atoms with Gasteiger partial charge < -0.3 is 19.1 Å². The lowest BCUT2D eigenvalue weighted by atomic mass is 10.0. The second-order valence-electron chi connectivity index (χ2n) is 8.04. The number of rotatable bonds is 10. The number of hydrogen-bond acceptors (Lipinski definition) is 6. The van der Waals surface area contributed by atoms with Gasteiger partial charge in [-0.2, -0.15) is 0 Å². The van der Waals surface area contributed by atoms with Crippen molar-refractivity contribution < 1.29 is 14.2 Å². The van der Waals surface area contributed by atoms with Crippen LogP contribution in [0.1, 0.15) is 37.8 Å². The fourth-order valence-electron chi connectivity index (χ4n) is 4.26. The highest BCUT2D eigenvalue weighted by molar-refractivity contribution is 5.76. The van der Waals surface area contributed by atoms with Gasteiger partial charge in [-0.1, -0.05) is 37.3 Å². The number of ether oxygens (including phenoxy) is 3. The summed E-state index contributed by atoms with van der Waals surface area (Å²) >= 11 is 0. The first-order valence-electron chi connectivity index (χ1n) is 11.1. The molecule has 0 bridgehead atoms. The molecule has 0 saturated heterocycles. The molecule has 168 valence electrons. The van der Waals surface area contributed by atoms with E-state index >= 15 is 0 Å². The SMILES string of the molecule is CCCN(c1nccc(-c2c(OC)cc(OC)cc2OC)n1)[C@@H](c1ccccc1)C1CC1. The van der Waals surface area contributed by atoms with Crippen molar-refractivity contribution in [1.82, 2.24) is 9.97 Å². The van der Waals surface area contributed by atoms with Crippen LogP contribution in [-0.4, -0.2) is 37.8 Å². The Morgan fingerprint density at radius 2 is 1.66 bits per heavy atom. The Morgan fingerprint density at radius 3 is 2.22 bits per heavy atom. The van der Waals surface area contributed by atoms with Gasteiger partial charge in [0.15, 0.2) is 0 Å². The Morgan fingerprint density at radius 1 is 0.969 bits per heavy atom. The molecular weight excluding hydrogens is 402 g/mol. The maximum Gasteiger partial charge on any atom is 0.226 e. The van der Waals surface area contributed by atoms with E-state index < -0.39 is 0 Å². The first kappa shape index (κ1) is 21.9. The van der Waals surface area contributed by atoms with E-state index in [2.05, 4.69) is 42.2 Å². The van der Waals surface area contributed by atoms with E-state index in [0.29, 0.717) is 23.2 Å². The van der Waals surface area contributed by atoms with Crippen LogP contribution in [0, 0.1) is 5.92 Å². The molecule has 0 aliphatic heterocycles. The van der Waals surface area contributed by atoms with Crippen LogP contribution in [0.2, 0.25) is 0 Å². The topological polar surface area (TPSA) is 56.7 Å². The first-order valence-corrected chi connectivity index (χ1v) is 11.1. The van der Waals surface area contributed by atoms with Crippen molar-refractivity contribution in [2.45, 2.75) is 32.2 Å². The third kappa shape index (κ3) is 4.49. The summed E-state index contributed by atoms with van der Waals surface area (Å²) in [5.41, 5.74) is 2.87. The summed E-state index contributed by atoms with van der Waals surface area (Å²) < 4.78 is 16.7. The molecular formula is C26H31N3O3. The molecule has 1 saturated carbocycles. The minimum Gasteiger partial charge on any atom is -0.496 e. The highest BCUT2D eigenvalue weighted by atomic mass is 16.5. The Labute approximate surface area is 190 Å². The minimum absolute atomic E-state index is 0.269. The number of hydrogen-bond donors (Lipinski definition) is 0. The first-order chi connectivity index (χ1) is 15.7. The van der Waals surface area contributed by atoms with Crippen LogP contribution in [0.25, 0.3) is 11.3 Å². The maximum atomic E-state index is 5.66. The summed E-state index contributed by atoms with van der Waals surface area (Å²) in [6.07, 6.45) is 5.30. The quantitative estimate of drug-likeness (QED) is 0.419. The van der Waals surface area contributed by atoms with Crippen molar-refractivity contribution in [3.63, 3.8) is 0 Å². The van der Waals surface area contributed by atoms with Gasteiger partial charge in [-0.3, -0.25) is 0 Å². The Hall–Kier alpha value is -3.28. The van der Waals surface area contributed by atoms with Gasteiger partial charge in [0.2, 0.25) is 5.95 Å². The Bertz CT molecular complexity index is 1010. The van der Waals surface area contributed by atoms with Crippen LogP contribution in [-0.2, 0) is 0 Å². The van der Waals surface area contributed by atoms with Crippen molar-refractivity contribution in [3.8, 4) is 28.5 Å². The van der Waals surface area contributed by atoms with Gasteiger partial charge in [0.05, 0.1) is 38.6 Å². The van der Waals surface area contributed by atoms with Gasteiger partial charge in [-0.05, 0) is 36.8 Å². The Kier molecular flexibility index (Phi) is 6.78. The fourth-order valence-corrected chi connectivity index (χ4v) is 4.26. The molecule has 0 amide bonds. The summed E-state index contributed by atoms with van der Waals surface area (Å²) in [5, 5.41) is 0. The lowest BCUT2D eigenvalue weighted by molar-refractivity contribution is 0.377. The molecule has 1 atom stereocenters. The normalized spacial score (nSPS) is 14.0. The van der Waals surface area contributed by atoms with Crippen LogP contribution < -0.4 is 19.1 Å². The third-order valence-electron chi connectivity index (χ3n) is 5.88. The van der Waals surface area contributed by atoms with E-state index in [9.17, 15) is 0 Å². The second-order valence-corrected chi connectivity index (χ2v) is 8.04. The van der Waals surface area contributed by atoms with E-state index in [1.54, 1.807) is 21.3 Å². The molecule has 0 radical (unpaired) electrons. The molecule has 4 rings (SSSR count). The summed E-state index contributed by atoms with van der Waals surface area (Å²) in [7, 11) is 4.91. The third-order valence-corrected chi connectivity index (χ3v) is 5.88. The molecule has 1 aliphatic carbocycles. The monoisotopic (exact) mass is 433 g/mol. The smallest absolute Gasteiger partial charge is 0.226 e. The van der Waals surface area contributed by atoms with Gasteiger partial charge in [-0.25, -0.2) is 9.97 Å². The van der Waals surface area contributed by atoms with Crippen molar-refractivity contribution in [2.75, 3.05) is 32.8 Å². The number of nitrogens with zero attached hydrogens (tertiary/aromatic N) is 3. The van der Waals surface area contributed by atoms with Crippen molar-refractivity contribution in [2.24, 2.45) is 5.92 Å². The van der Waals surface area contributed by atoms with Crippen LogP contribution in [0.4, 0.5) is 5.95 Å². The van der Waals surface area contributed by atoms with E-state index in [1.165, 1.54) is 18.4 Å². The number of aromatic nitrogens is 2. The van der Waals surface area contributed by atoms with Gasteiger partial charge in [0, 0.05) is 24.9 Å². The van der Waals surface area contributed by atoms with E-state index in [0.717, 1.165) is 30.2 Å². The van der Waals surface area contributed by atoms with E-state index in [4.69, 9.17) is 24.2 Å². The van der Waals surface area contributed by atoms with Crippen molar-refractivity contribution in [3.05, 3.63) is 60.3 Å². The number of benzene rings is 2. The standard InChI is InChI=1S/C26H31N3O3/c1-5-15-29(25(19-11-12-19)18-9-7-6-8-10-18)26-27-14-13-21(28-26)24-22(31-3)16-20(30-2)17-23(24)32-4/h6-10,13-14,16-17,19,25H,5,11-12,15H2,1-4H3/t25-/m0/s1. The van der Waals surface area contributed by atoms with Gasteiger partial charge in [-0.15, -0.1) is 0 Å². The zero-order chi connectivity index (χ0) is 22.5. The van der Waals surface area contributed by atoms with Crippen molar-refractivity contribution in [1.29, 1.82) is 0 Å². The highest BCUT2D eigenvalue weighted by Gasteiger charge is 2.37.